The Morgan fingerprint density at radius 2 is 2.00 bits per heavy atom. The van der Waals surface area contributed by atoms with Crippen molar-refractivity contribution in [2.45, 2.75) is 33.2 Å². The van der Waals surface area contributed by atoms with E-state index >= 15 is 0 Å². The number of piperidine rings is 1. The number of amides is 2. The molecule has 2 aliphatic heterocycles. The van der Waals surface area contributed by atoms with Crippen molar-refractivity contribution in [2.75, 3.05) is 24.5 Å². The first-order chi connectivity index (χ1) is 16.6. The molecular weight excluding hydrogens is 448 g/mol. The molecule has 5 rings (SSSR count). The number of hydrogen-bond donors (Lipinski definition) is 3. The Bertz CT molecular complexity index is 1180. The van der Waals surface area contributed by atoms with Gasteiger partial charge in [-0.05, 0) is 78.4 Å². The second-order valence-corrected chi connectivity index (χ2v) is 9.11. The molecule has 1 aromatic carbocycles. The van der Waals surface area contributed by atoms with Crippen molar-refractivity contribution in [1.82, 2.24) is 25.6 Å². The van der Waals surface area contributed by atoms with Gasteiger partial charge in [0, 0.05) is 37.5 Å². The predicted octanol–water partition coefficient (Wildman–Crippen LogP) is 4.31. The summed E-state index contributed by atoms with van der Waals surface area (Å²) in [6.45, 7) is 7.66. The Morgan fingerprint density at radius 3 is 2.76 bits per heavy atom. The number of aromatic nitrogens is 3. The standard InChI is InChI=1S/C23H24N6O2S.C2H6/c30-21-20(32-23(31)28-21)12-18-4-8-26-22(27-18)29-9-5-15(6-10-29)13-24-14-16-1-2-19-17(11-16)3-7-25-19;1-2/h1-4,7-8,11-12,15,24-25H,5-6,9-10,13-14H2,(H,28,30,31);1-2H3/b20-12-;. The van der Waals surface area contributed by atoms with Gasteiger partial charge in [0.15, 0.2) is 0 Å². The van der Waals surface area contributed by atoms with Crippen LogP contribution < -0.4 is 15.5 Å². The molecule has 178 valence electrons. The first-order valence-corrected chi connectivity index (χ1v) is 12.6. The van der Waals surface area contributed by atoms with Gasteiger partial charge in [0.05, 0.1) is 10.6 Å². The fourth-order valence-electron chi connectivity index (χ4n) is 4.12. The van der Waals surface area contributed by atoms with E-state index in [4.69, 9.17) is 0 Å². The van der Waals surface area contributed by atoms with Crippen LogP contribution in [0.3, 0.4) is 0 Å². The quantitative estimate of drug-likeness (QED) is 0.454. The fourth-order valence-corrected chi connectivity index (χ4v) is 4.79. The van der Waals surface area contributed by atoms with Gasteiger partial charge in [0.1, 0.15) is 0 Å². The number of carbonyl (C=O) groups is 2. The maximum absolute atomic E-state index is 11.8. The summed E-state index contributed by atoms with van der Waals surface area (Å²) in [7, 11) is 0. The number of aromatic amines is 1. The Balaban J connectivity index is 0.00000133. The normalized spacial score (nSPS) is 17.7. The number of thioether (sulfide) groups is 1. The number of H-pyrrole nitrogens is 1. The van der Waals surface area contributed by atoms with Crippen molar-refractivity contribution in [3.05, 3.63) is 58.9 Å². The third-order valence-corrected chi connectivity index (χ3v) is 6.67. The lowest BCUT2D eigenvalue weighted by Crippen LogP contribution is -2.38. The highest BCUT2D eigenvalue weighted by Gasteiger charge is 2.25. The average Bonchev–Trinajstić information content (AvgIpc) is 3.46. The van der Waals surface area contributed by atoms with E-state index in [1.54, 1.807) is 18.3 Å². The van der Waals surface area contributed by atoms with Crippen LogP contribution in [0.2, 0.25) is 0 Å². The number of rotatable bonds is 6. The van der Waals surface area contributed by atoms with Crippen molar-refractivity contribution in [1.29, 1.82) is 0 Å². The van der Waals surface area contributed by atoms with Crippen molar-refractivity contribution >= 4 is 45.8 Å². The summed E-state index contributed by atoms with van der Waals surface area (Å²) < 4.78 is 0. The second-order valence-electron chi connectivity index (χ2n) is 8.09. The van der Waals surface area contributed by atoms with Gasteiger partial charge in [-0.25, -0.2) is 9.97 Å². The van der Waals surface area contributed by atoms with E-state index in [0.717, 1.165) is 50.8 Å². The molecule has 2 fully saturated rings. The molecule has 0 aliphatic carbocycles. The zero-order valence-electron chi connectivity index (χ0n) is 19.5. The lowest BCUT2D eigenvalue weighted by Gasteiger charge is -2.32. The predicted molar refractivity (Wildman–Crippen MR) is 137 cm³/mol. The zero-order valence-corrected chi connectivity index (χ0v) is 20.3. The maximum Gasteiger partial charge on any atom is 0.290 e. The van der Waals surface area contributed by atoms with Gasteiger partial charge < -0.3 is 15.2 Å². The highest BCUT2D eigenvalue weighted by Crippen LogP contribution is 2.26. The highest BCUT2D eigenvalue weighted by molar-refractivity contribution is 8.18. The molecular formula is C25H30N6O2S. The van der Waals surface area contributed by atoms with E-state index < -0.39 is 0 Å². The van der Waals surface area contributed by atoms with Crippen LogP contribution in [-0.2, 0) is 11.3 Å². The van der Waals surface area contributed by atoms with Crippen LogP contribution in [0, 0.1) is 5.92 Å². The molecule has 34 heavy (non-hydrogen) atoms. The molecule has 2 aromatic heterocycles. The Labute approximate surface area is 203 Å². The summed E-state index contributed by atoms with van der Waals surface area (Å²) in [6, 6.07) is 10.4. The van der Waals surface area contributed by atoms with Gasteiger partial charge in [-0.3, -0.25) is 14.9 Å². The molecule has 0 saturated carbocycles. The van der Waals surface area contributed by atoms with Gasteiger partial charge in [-0.1, -0.05) is 19.9 Å². The number of hydrogen-bond acceptors (Lipinski definition) is 7. The molecule has 2 aliphatic rings. The summed E-state index contributed by atoms with van der Waals surface area (Å²) in [6.07, 6.45) is 7.45. The number of benzene rings is 1. The number of nitrogens with zero attached hydrogens (tertiary/aromatic N) is 3. The summed E-state index contributed by atoms with van der Waals surface area (Å²) in [5.74, 6) is 0.916. The summed E-state index contributed by atoms with van der Waals surface area (Å²) in [4.78, 5) is 37.9. The summed E-state index contributed by atoms with van der Waals surface area (Å²) in [5, 5.41) is 6.76. The lowest BCUT2D eigenvalue weighted by atomic mass is 9.97. The minimum atomic E-state index is -0.374. The molecule has 3 N–H and O–H groups in total. The van der Waals surface area contributed by atoms with E-state index in [1.807, 2.05) is 20.0 Å². The van der Waals surface area contributed by atoms with Crippen LogP contribution in [0.4, 0.5) is 10.7 Å². The molecule has 9 heteroatoms. The van der Waals surface area contributed by atoms with Crippen molar-refractivity contribution in [3.63, 3.8) is 0 Å². The third-order valence-electron chi connectivity index (χ3n) is 5.86. The second kappa shape index (κ2) is 11.3. The third kappa shape index (κ3) is 5.84. The molecule has 3 aromatic rings. The van der Waals surface area contributed by atoms with Gasteiger partial charge in [-0.2, -0.15) is 0 Å². The molecule has 2 amide bonds. The number of anilines is 1. The van der Waals surface area contributed by atoms with E-state index in [2.05, 4.69) is 54.8 Å². The molecule has 0 bridgehead atoms. The van der Waals surface area contributed by atoms with Crippen LogP contribution in [0.15, 0.2) is 47.6 Å². The van der Waals surface area contributed by atoms with Gasteiger partial charge in [-0.15, -0.1) is 0 Å². The van der Waals surface area contributed by atoms with Crippen molar-refractivity contribution in [3.8, 4) is 0 Å². The van der Waals surface area contributed by atoms with Crippen LogP contribution in [-0.4, -0.2) is 45.7 Å². The largest absolute Gasteiger partial charge is 0.361 e. The minimum absolute atomic E-state index is 0.351. The molecule has 8 nitrogen and oxygen atoms in total. The maximum atomic E-state index is 11.8. The molecule has 4 heterocycles. The van der Waals surface area contributed by atoms with Gasteiger partial charge >= 0.3 is 0 Å². The lowest BCUT2D eigenvalue weighted by molar-refractivity contribution is -0.115. The van der Waals surface area contributed by atoms with E-state index in [9.17, 15) is 9.59 Å². The Kier molecular flexibility index (Phi) is 7.97. The molecule has 2 saturated heterocycles. The van der Waals surface area contributed by atoms with Crippen LogP contribution >= 0.6 is 11.8 Å². The molecule has 0 radical (unpaired) electrons. The average molecular weight is 479 g/mol. The highest BCUT2D eigenvalue weighted by atomic mass is 32.2. The number of carbonyl (C=O) groups excluding carboxylic acids is 2. The number of imide groups is 1. The monoisotopic (exact) mass is 478 g/mol. The van der Waals surface area contributed by atoms with E-state index in [0.29, 0.717) is 22.5 Å². The minimum Gasteiger partial charge on any atom is -0.361 e. The number of fused-ring (bicyclic) bond motifs is 1. The van der Waals surface area contributed by atoms with Gasteiger partial charge in [0.2, 0.25) is 5.95 Å². The topological polar surface area (TPSA) is 103 Å². The van der Waals surface area contributed by atoms with Crippen molar-refractivity contribution in [2.24, 2.45) is 5.92 Å². The number of nitrogens with one attached hydrogen (secondary N) is 3. The Morgan fingerprint density at radius 1 is 1.18 bits per heavy atom. The molecule has 0 spiro atoms. The first kappa shape index (κ1) is 24.0. The molecule has 0 unspecified atom stereocenters. The van der Waals surface area contributed by atoms with Crippen LogP contribution in [0.1, 0.15) is 37.9 Å². The van der Waals surface area contributed by atoms with E-state index in [-0.39, 0.29) is 11.1 Å². The van der Waals surface area contributed by atoms with Crippen molar-refractivity contribution < 1.29 is 9.59 Å². The Hall–Kier alpha value is -3.17. The fraction of sp³-hybridized carbons (Fsp3) is 0.360. The van der Waals surface area contributed by atoms with E-state index in [1.165, 1.54) is 16.5 Å². The zero-order chi connectivity index (χ0) is 23.9. The summed E-state index contributed by atoms with van der Waals surface area (Å²) >= 11 is 0.896. The molecule has 0 atom stereocenters. The van der Waals surface area contributed by atoms with Gasteiger partial charge in [0.25, 0.3) is 11.1 Å². The van der Waals surface area contributed by atoms with Crippen LogP contribution in [0.25, 0.3) is 17.0 Å². The van der Waals surface area contributed by atoms with Crippen LogP contribution in [0.5, 0.6) is 0 Å². The smallest absolute Gasteiger partial charge is 0.290 e. The SMILES string of the molecule is CC.O=C1NC(=O)/C(=C/c2ccnc(N3CCC(CNCc4ccc5[nH]ccc5c4)CC3)n2)S1. The first-order valence-electron chi connectivity index (χ1n) is 11.7. The summed E-state index contributed by atoms with van der Waals surface area (Å²) in [5.41, 5.74) is 3.09.